The van der Waals surface area contributed by atoms with Crippen molar-refractivity contribution in [1.82, 2.24) is 19.2 Å². The van der Waals surface area contributed by atoms with E-state index < -0.39 is 5.82 Å². The normalized spacial score (nSPS) is 11.5. The Kier molecular flexibility index (Phi) is 3.35. The summed E-state index contributed by atoms with van der Waals surface area (Å²) in [6, 6.07) is 11.8. The fraction of sp³-hybridized carbons (Fsp3) is 0.118. The number of para-hydroxylation sites is 1. The fourth-order valence-corrected chi connectivity index (χ4v) is 3.06. The average molecular weight is 343 g/mol. The van der Waals surface area contributed by atoms with E-state index in [-0.39, 0.29) is 22.8 Å². The van der Waals surface area contributed by atoms with Gasteiger partial charge in [-0.25, -0.2) is 14.2 Å². The van der Waals surface area contributed by atoms with Crippen LogP contribution in [0.2, 0.25) is 5.02 Å². The Morgan fingerprint density at radius 1 is 1.17 bits per heavy atom. The average Bonchev–Trinajstić information content (AvgIpc) is 2.96. The Balaban J connectivity index is 2.07. The van der Waals surface area contributed by atoms with Gasteiger partial charge in [-0.15, -0.1) is 5.10 Å². The van der Waals surface area contributed by atoms with Crippen LogP contribution in [0.15, 0.2) is 47.3 Å². The molecule has 0 fully saturated rings. The highest BCUT2D eigenvalue weighted by Gasteiger charge is 2.16. The molecule has 0 spiro atoms. The molecule has 0 aliphatic carbocycles. The Morgan fingerprint density at radius 3 is 2.75 bits per heavy atom. The third-order valence-corrected chi connectivity index (χ3v) is 4.29. The zero-order valence-electron chi connectivity index (χ0n) is 12.7. The van der Waals surface area contributed by atoms with Crippen LogP contribution in [0.3, 0.4) is 0 Å². The van der Waals surface area contributed by atoms with E-state index in [0.29, 0.717) is 17.0 Å². The summed E-state index contributed by atoms with van der Waals surface area (Å²) in [4.78, 5) is 17.2. The summed E-state index contributed by atoms with van der Waals surface area (Å²) in [6.45, 7) is 1.74. The van der Waals surface area contributed by atoms with Crippen molar-refractivity contribution in [3.63, 3.8) is 0 Å². The van der Waals surface area contributed by atoms with Gasteiger partial charge in [0, 0.05) is 16.0 Å². The molecule has 0 aliphatic heterocycles. The van der Waals surface area contributed by atoms with Crippen molar-refractivity contribution in [2.24, 2.45) is 0 Å². The molecule has 0 bridgehead atoms. The number of hydrogen-bond acceptors (Lipinski definition) is 3. The van der Waals surface area contributed by atoms with Gasteiger partial charge in [0.2, 0.25) is 0 Å². The van der Waals surface area contributed by atoms with Crippen molar-refractivity contribution in [3.8, 4) is 0 Å². The second-order valence-electron chi connectivity index (χ2n) is 5.48. The van der Waals surface area contributed by atoms with Gasteiger partial charge in [0.05, 0.1) is 12.1 Å². The Hall–Kier alpha value is -2.73. The Morgan fingerprint density at radius 2 is 1.96 bits per heavy atom. The van der Waals surface area contributed by atoms with E-state index >= 15 is 0 Å². The lowest BCUT2D eigenvalue weighted by molar-refractivity contribution is 0.594. The van der Waals surface area contributed by atoms with Gasteiger partial charge in [-0.2, -0.15) is 4.52 Å². The highest BCUT2D eigenvalue weighted by atomic mass is 35.5. The third-order valence-electron chi connectivity index (χ3n) is 3.94. The molecule has 7 heteroatoms. The maximum absolute atomic E-state index is 14.2. The predicted octanol–water partition coefficient (Wildman–Crippen LogP) is 3.19. The monoisotopic (exact) mass is 342 g/mol. The number of hydrogen-bond donors (Lipinski definition) is 0. The van der Waals surface area contributed by atoms with Crippen LogP contribution in [0.4, 0.5) is 4.39 Å². The summed E-state index contributed by atoms with van der Waals surface area (Å²) >= 11 is 6.12. The van der Waals surface area contributed by atoms with Crippen molar-refractivity contribution >= 4 is 28.2 Å². The number of aromatic nitrogens is 4. The molecular formula is C17H12ClFN4O. The molecule has 0 N–H and O–H groups in total. The van der Waals surface area contributed by atoms with E-state index in [9.17, 15) is 9.18 Å². The number of nitrogens with zero attached hydrogens (tertiary/aromatic N) is 4. The van der Waals surface area contributed by atoms with E-state index in [0.717, 1.165) is 5.39 Å². The third kappa shape index (κ3) is 2.18. The van der Waals surface area contributed by atoms with Gasteiger partial charge in [0.15, 0.2) is 5.65 Å². The van der Waals surface area contributed by atoms with E-state index in [1.165, 1.54) is 21.2 Å². The minimum Gasteiger partial charge on any atom is -0.287 e. The SMILES string of the molecule is Cc1nc2c3ccccc3n(Cc3c(F)cccc3Cl)c(=O)n2n1. The first-order valence-corrected chi connectivity index (χ1v) is 7.72. The van der Waals surface area contributed by atoms with Crippen molar-refractivity contribution in [3.05, 3.63) is 75.2 Å². The summed E-state index contributed by atoms with van der Waals surface area (Å²) in [5, 5.41) is 5.20. The number of fused-ring (bicyclic) bond motifs is 3. The summed E-state index contributed by atoms with van der Waals surface area (Å²) in [5.74, 6) is 0.0484. The van der Waals surface area contributed by atoms with Gasteiger partial charge >= 0.3 is 5.69 Å². The lowest BCUT2D eigenvalue weighted by Crippen LogP contribution is -2.28. The van der Waals surface area contributed by atoms with Crippen LogP contribution in [0, 0.1) is 12.7 Å². The van der Waals surface area contributed by atoms with Gasteiger partial charge < -0.3 is 0 Å². The predicted molar refractivity (Wildman–Crippen MR) is 90.0 cm³/mol. The van der Waals surface area contributed by atoms with Crippen molar-refractivity contribution in [2.45, 2.75) is 13.5 Å². The largest absolute Gasteiger partial charge is 0.351 e. The van der Waals surface area contributed by atoms with Crippen LogP contribution in [0.1, 0.15) is 11.4 Å². The van der Waals surface area contributed by atoms with Crippen LogP contribution in [-0.4, -0.2) is 19.2 Å². The molecule has 0 unspecified atom stereocenters. The lowest BCUT2D eigenvalue weighted by atomic mass is 10.2. The minimum absolute atomic E-state index is 0.0136. The second kappa shape index (κ2) is 5.42. The van der Waals surface area contributed by atoms with Gasteiger partial charge in [-0.05, 0) is 31.2 Å². The fourth-order valence-electron chi connectivity index (χ4n) is 2.83. The van der Waals surface area contributed by atoms with Crippen molar-refractivity contribution in [1.29, 1.82) is 0 Å². The molecule has 0 atom stereocenters. The molecule has 0 saturated carbocycles. The minimum atomic E-state index is -0.451. The summed E-state index contributed by atoms with van der Waals surface area (Å²) < 4.78 is 16.9. The van der Waals surface area contributed by atoms with E-state index in [1.807, 2.05) is 18.2 Å². The molecule has 0 saturated heterocycles. The molecule has 0 amide bonds. The summed E-state index contributed by atoms with van der Waals surface area (Å²) in [6.07, 6.45) is 0. The maximum Gasteiger partial charge on any atom is 0.351 e. The standard InChI is InChI=1S/C17H12ClFN4O/c1-10-20-16-11-5-2-3-8-15(11)22(17(24)23(16)21-10)9-12-13(18)6-4-7-14(12)19/h2-8H,9H2,1H3. The van der Waals surface area contributed by atoms with Crippen LogP contribution < -0.4 is 5.69 Å². The topological polar surface area (TPSA) is 52.2 Å². The lowest BCUT2D eigenvalue weighted by Gasteiger charge is -2.12. The molecule has 2 aromatic heterocycles. The molecule has 5 nitrogen and oxygen atoms in total. The van der Waals surface area contributed by atoms with Gasteiger partial charge in [-0.1, -0.05) is 29.8 Å². The maximum atomic E-state index is 14.2. The molecular weight excluding hydrogens is 331 g/mol. The summed E-state index contributed by atoms with van der Waals surface area (Å²) in [7, 11) is 0. The Bertz CT molecular complexity index is 1130. The van der Waals surface area contributed by atoms with Crippen LogP contribution in [-0.2, 0) is 6.54 Å². The van der Waals surface area contributed by atoms with Crippen molar-refractivity contribution in [2.75, 3.05) is 0 Å². The molecule has 2 aromatic carbocycles. The van der Waals surface area contributed by atoms with Gasteiger partial charge in [-0.3, -0.25) is 4.57 Å². The van der Waals surface area contributed by atoms with Crippen LogP contribution >= 0.6 is 11.6 Å². The van der Waals surface area contributed by atoms with Gasteiger partial charge in [0.1, 0.15) is 11.6 Å². The van der Waals surface area contributed by atoms with Crippen molar-refractivity contribution < 1.29 is 4.39 Å². The number of rotatable bonds is 2. The first kappa shape index (κ1) is 14.8. The van der Waals surface area contributed by atoms with Crippen LogP contribution in [0.25, 0.3) is 16.6 Å². The zero-order valence-corrected chi connectivity index (χ0v) is 13.5. The number of benzene rings is 2. The van der Waals surface area contributed by atoms with Gasteiger partial charge in [0.25, 0.3) is 0 Å². The first-order chi connectivity index (χ1) is 11.6. The quantitative estimate of drug-likeness (QED) is 0.562. The molecule has 120 valence electrons. The zero-order chi connectivity index (χ0) is 16.8. The highest BCUT2D eigenvalue weighted by Crippen LogP contribution is 2.22. The molecule has 0 radical (unpaired) electrons. The van der Waals surface area contributed by atoms with Crippen LogP contribution in [0.5, 0.6) is 0 Å². The van der Waals surface area contributed by atoms with E-state index in [2.05, 4.69) is 10.1 Å². The smallest absolute Gasteiger partial charge is 0.287 e. The molecule has 24 heavy (non-hydrogen) atoms. The van der Waals surface area contributed by atoms with E-state index in [4.69, 9.17) is 11.6 Å². The molecule has 4 aromatic rings. The number of halogens is 2. The summed E-state index contributed by atoms with van der Waals surface area (Å²) in [5.41, 5.74) is 1.02. The molecule has 0 aliphatic rings. The first-order valence-electron chi connectivity index (χ1n) is 7.34. The number of aryl methyl sites for hydroxylation is 1. The second-order valence-corrected chi connectivity index (χ2v) is 5.89. The van der Waals surface area contributed by atoms with E-state index in [1.54, 1.807) is 19.1 Å². The Labute approximate surface area is 140 Å². The highest BCUT2D eigenvalue weighted by molar-refractivity contribution is 6.31. The molecule has 4 rings (SSSR count). The molecule has 2 heterocycles.